The molecule has 1 amide bonds. The van der Waals surface area contributed by atoms with Crippen molar-refractivity contribution in [1.29, 1.82) is 0 Å². The van der Waals surface area contributed by atoms with Gasteiger partial charge in [0.25, 0.3) is 0 Å². The van der Waals surface area contributed by atoms with Crippen LogP contribution < -0.4 is 5.32 Å². The molecule has 7 heteroatoms. The summed E-state index contributed by atoms with van der Waals surface area (Å²) < 4.78 is 7.32. The molecule has 4 rings (SSSR count). The van der Waals surface area contributed by atoms with Gasteiger partial charge in [-0.05, 0) is 31.5 Å². The normalized spacial score (nSPS) is 11.9. The first kappa shape index (κ1) is 23.7. The number of nitrogens with one attached hydrogen (secondary N) is 1. The third-order valence-electron chi connectivity index (χ3n) is 5.43. The highest BCUT2D eigenvalue weighted by Crippen LogP contribution is 2.30. The van der Waals surface area contributed by atoms with Crippen LogP contribution in [0.3, 0.4) is 0 Å². The second-order valence-corrected chi connectivity index (χ2v) is 9.29. The lowest BCUT2D eigenvalue weighted by atomic mass is 10.0. The molecule has 0 aliphatic rings. The molecule has 1 N–H and O–H groups in total. The molecule has 3 aromatic carbocycles. The van der Waals surface area contributed by atoms with E-state index >= 15 is 0 Å². The van der Waals surface area contributed by atoms with E-state index in [9.17, 15) is 4.79 Å². The first-order chi connectivity index (χ1) is 16.6. The Bertz CT molecular complexity index is 1260. The van der Waals surface area contributed by atoms with Crippen molar-refractivity contribution in [2.45, 2.75) is 30.8 Å². The zero-order valence-corrected chi connectivity index (χ0v) is 20.4. The van der Waals surface area contributed by atoms with Gasteiger partial charge in [-0.2, -0.15) is 0 Å². The van der Waals surface area contributed by atoms with Gasteiger partial charge >= 0.3 is 0 Å². The number of carbonyl (C=O) groups is 1. The quantitative estimate of drug-likeness (QED) is 0.317. The lowest BCUT2D eigenvalue weighted by Gasteiger charge is -2.16. The van der Waals surface area contributed by atoms with Gasteiger partial charge in [-0.3, -0.25) is 9.36 Å². The smallest absolute Gasteiger partial charge is 0.237 e. The third kappa shape index (κ3) is 5.55. The molecule has 34 heavy (non-hydrogen) atoms. The number of aryl methyl sites for hydroxylation is 1. The molecule has 0 saturated carbocycles. The predicted molar refractivity (Wildman–Crippen MR) is 138 cm³/mol. The van der Waals surface area contributed by atoms with Crippen molar-refractivity contribution in [2.75, 3.05) is 19.0 Å². The van der Waals surface area contributed by atoms with E-state index < -0.39 is 0 Å². The van der Waals surface area contributed by atoms with Gasteiger partial charge in [-0.1, -0.05) is 84.1 Å². The maximum atomic E-state index is 13.1. The molecule has 0 fully saturated rings. The van der Waals surface area contributed by atoms with Crippen LogP contribution in [0.1, 0.15) is 12.5 Å². The monoisotopic (exact) mass is 472 g/mol. The standard InChI is InChI=1S/C27H28N4O2S/c1-19-10-9-13-22(18-19)25-29-30-27(31(25)16-17-33-3)34-20(2)26(32)28-24-15-8-7-14-23(24)21-11-5-4-6-12-21/h4-15,18,20H,16-17H2,1-3H3,(H,28,32)/t20-/m0/s1. The summed E-state index contributed by atoms with van der Waals surface area (Å²) in [7, 11) is 1.67. The number of rotatable bonds is 9. The maximum Gasteiger partial charge on any atom is 0.237 e. The molecule has 4 aromatic rings. The van der Waals surface area contributed by atoms with Gasteiger partial charge in [0.05, 0.1) is 18.4 Å². The van der Waals surface area contributed by atoms with Crippen LogP contribution in [0.15, 0.2) is 84.0 Å². The fraction of sp³-hybridized carbons (Fsp3) is 0.222. The summed E-state index contributed by atoms with van der Waals surface area (Å²) >= 11 is 1.39. The van der Waals surface area contributed by atoms with Crippen LogP contribution in [-0.4, -0.2) is 39.6 Å². The molecule has 1 atom stereocenters. The Labute approximate surface area is 204 Å². The minimum absolute atomic E-state index is 0.0909. The highest BCUT2D eigenvalue weighted by molar-refractivity contribution is 8.00. The van der Waals surface area contributed by atoms with Gasteiger partial charge in [-0.25, -0.2) is 0 Å². The number of aromatic nitrogens is 3. The molecule has 0 radical (unpaired) electrons. The first-order valence-corrected chi connectivity index (χ1v) is 12.1. The van der Waals surface area contributed by atoms with E-state index in [0.29, 0.717) is 18.3 Å². The van der Waals surface area contributed by atoms with E-state index in [4.69, 9.17) is 4.74 Å². The largest absolute Gasteiger partial charge is 0.383 e. The first-order valence-electron chi connectivity index (χ1n) is 11.2. The lowest BCUT2D eigenvalue weighted by Crippen LogP contribution is -2.23. The fourth-order valence-electron chi connectivity index (χ4n) is 3.67. The summed E-state index contributed by atoms with van der Waals surface area (Å²) in [5, 5.41) is 12.3. The summed E-state index contributed by atoms with van der Waals surface area (Å²) in [4.78, 5) is 13.1. The third-order valence-corrected chi connectivity index (χ3v) is 6.51. The van der Waals surface area contributed by atoms with E-state index in [1.165, 1.54) is 11.8 Å². The molecule has 6 nitrogen and oxygen atoms in total. The molecule has 174 valence electrons. The maximum absolute atomic E-state index is 13.1. The van der Waals surface area contributed by atoms with Crippen LogP contribution in [0, 0.1) is 6.92 Å². The molecular weight excluding hydrogens is 444 g/mol. The van der Waals surface area contributed by atoms with Crippen LogP contribution in [0.25, 0.3) is 22.5 Å². The zero-order valence-electron chi connectivity index (χ0n) is 19.6. The SMILES string of the molecule is COCCn1c(S[C@@H](C)C(=O)Nc2ccccc2-c2ccccc2)nnc1-c1cccc(C)c1. The molecule has 0 saturated heterocycles. The lowest BCUT2D eigenvalue weighted by molar-refractivity contribution is -0.115. The number of ether oxygens (including phenoxy) is 1. The van der Waals surface area contributed by atoms with Gasteiger partial charge in [0.15, 0.2) is 11.0 Å². The summed E-state index contributed by atoms with van der Waals surface area (Å²) in [6, 6.07) is 26.0. The van der Waals surface area contributed by atoms with Gasteiger partial charge in [-0.15, -0.1) is 10.2 Å². The summed E-state index contributed by atoms with van der Waals surface area (Å²) in [6.07, 6.45) is 0. The van der Waals surface area contributed by atoms with Crippen LogP contribution >= 0.6 is 11.8 Å². The molecule has 1 aromatic heterocycles. The van der Waals surface area contributed by atoms with Gasteiger partial charge in [0.1, 0.15) is 0 Å². The Morgan fingerprint density at radius 2 is 1.74 bits per heavy atom. The van der Waals surface area contributed by atoms with Crippen LogP contribution in [0.2, 0.25) is 0 Å². The van der Waals surface area contributed by atoms with E-state index in [1.54, 1.807) is 7.11 Å². The molecule has 0 spiro atoms. The average Bonchev–Trinajstić information content (AvgIpc) is 3.25. The molecule has 0 unspecified atom stereocenters. The van der Waals surface area contributed by atoms with Crippen LogP contribution in [0.4, 0.5) is 5.69 Å². The van der Waals surface area contributed by atoms with Crippen molar-refractivity contribution in [3.8, 4) is 22.5 Å². The number of hydrogen-bond donors (Lipinski definition) is 1. The second-order valence-electron chi connectivity index (χ2n) is 7.98. The van der Waals surface area contributed by atoms with Crippen molar-refractivity contribution in [1.82, 2.24) is 14.8 Å². The number of methoxy groups -OCH3 is 1. The molecule has 1 heterocycles. The van der Waals surface area contributed by atoms with E-state index in [1.807, 2.05) is 78.2 Å². The zero-order chi connectivity index (χ0) is 23.9. The van der Waals surface area contributed by atoms with E-state index in [-0.39, 0.29) is 11.2 Å². The second kappa shape index (κ2) is 11.1. The number of para-hydroxylation sites is 1. The Balaban J connectivity index is 1.54. The number of hydrogen-bond acceptors (Lipinski definition) is 5. The Kier molecular flexibility index (Phi) is 7.77. The van der Waals surface area contributed by atoms with E-state index in [0.717, 1.165) is 33.8 Å². The Morgan fingerprint density at radius 3 is 2.50 bits per heavy atom. The van der Waals surface area contributed by atoms with Crippen LogP contribution in [0.5, 0.6) is 0 Å². The van der Waals surface area contributed by atoms with Gasteiger partial charge in [0, 0.05) is 23.9 Å². The summed E-state index contributed by atoms with van der Waals surface area (Å²) in [5.41, 5.74) is 4.97. The summed E-state index contributed by atoms with van der Waals surface area (Å²) in [5.74, 6) is 0.678. The highest BCUT2D eigenvalue weighted by Gasteiger charge is 2.22. The minimum Gasteiger partial charge on any atom is -0.383 e. The highest BCUT2D eigenvalue weighted by atomic mass is 32.2. The molecular formula is C27H28N4O2S. The molecule has 0 aliphatic carbocycles. The predicted octanol–water partition coefficient (Wildman–Crippen LogP) is 5.69. The van der Waals surface area contributed by atoms with E-state index in [2.05, 4.69) is 34.6 Å². The van der Waals surface area contributed by atoms with Crippen molar-refractivity contribution in [3.63, 3.8) is 0 Å². The Hall–Kier alpha value is -3.42. The number of anilines is 1. The topological polar surface area (TPSA) is 69.0 Å². The minimum atomic E-state index is -0.375. The fourth-order valence-corrected chi connectivity index (χ4v) is 4.54. The van der Waals surface area contributed by atoms with Gasteiger partial charge < -0.3 is 10.1 Å². The number of benzene rings is 3. The molecule has 0 aliphatic heterocycles. The van der Waals surface area contributed by atoms with Crippen molar-refractivity contribution in [2.24, 2.45) is 0 Å². The number of amides is 1. The number of thioether (sulfide) groups is 1. The van der Waals surface area contributed by atoms with Crippen molar-refractivity contribution < 1.29 is 9.53 Å². The van der Waals surface area contributed by atoms with Crippen LogP contribution in [-0.2, 0) is 16.1 Å². The Morgan fingerprint density at radius 1 is 1.00 bits per heavy atom. The van der Waals surface area contributed by atoms with Crippen molar-refractivity contribution >= 4 is 23.4 Å². The van der Waals surface area contributed by atoms with Crippen molar-refractivity contribution in [3.05, 3.63) is 84.4 Å². The average molecular weight is 473 g/mol. The number of nitrogens with zero attached hydrogens (tertiary/aromatic N) is 3. The summed E-state index contributed by atoms with van der Waals surface area (Å²) in [6.45, 7) is 5.05. The number of carbonyl (C=O) groups excluding carboxylic acids is 1. The molecule has 0 bridgehead atoms. The van der Waals surface area contributed by atoms with Gasteiger partial charge in [0.2, 0.25) is 5.91 Å².